The third-order valence-electron chi connectivity index (χ3n) is 4.12. The van der Waals surface area contributed by atoms with Gasteiger partial charge in [0.1, 0.15) is 5.75 Å². The molecule has 0 bridgehead atoms. The van der Waals surface area contributed by atoms with Crippen molar-refractivity contribution in [1.29, 1.82) is 0 Å². The van der Waals surface area contributed by atoms with E-state index in [1.807, 2.05) is 12.1 Å². The molecule has 2 aromatic carbocycles. The number of hydrogen-bond acceptors (Lipinski definition) is 2. The van der Waals surface area contributed by atoms with Gasteiger partial charge < -0.3 is 10.4 Å². The molecule has 1 saturated heterocycles. The van der Waals surface area contributed by atoms with E-state index in [1.54, 1.807) is 12.1 Å². The molecule has 1 aliphatic rings. The molecule has 2 nitrogen and oxygen atoms in total. The fourth-order valence-corrected chi connectivity index (χ4v) is 3.01. The largest absolute Gasteiger partial charge is 0.508 e. The van der Waals surface area contributed by atoms with Crippen LogP contribution in [0.1, 0.15) is 16.7 Å². The maximum absolute atomic E-state index is 9.37. The van der Waals surface area contributed by atoms with E-state index < -0.39 is 0 Å². The smallest absolute Gasteiger partial charge is 0.115 e. The van der Waals surface area contributed by atoms with Crippen molar-refractivity contribution in [2.24, 2.45) is 0 Å². The SMILES string of the molecule is Cc1ccccc1C1(Cc2ccc(O)cc2)CNC1. The Hall–Kier alpha value is -1.80. The molecule has 3 rings (SSSR count). The van der Waals surface area contributed by atoms with Gasteiger partial charge in [-0.2, -0.15) is 0 Å². The lowest BCUT2D eigenvalue weighted by atomic mass is 9.69. The van der Waals surface area contributed by atoms with Crippen molar-refractivity contribution >= 4 is 0 Å². The molecule has 2 heteroatoms. The molecular weight excluding hydrogens is 234 g/mol. The van der Waals surface area contributed by atoms with Gasteiger partial charge in [0.15, 0.2) is 0 Å². The third-order valence-corrected chi connectivity index (χ3v) is 4.12. The first kappa shape index (κ1) is 12.2. The summed E-state index contributed by atoms with van der Waals surface area (Å²) in [7, 11) is 0. The molecule has 0 amide bonds. The molecular formula is C17H19NO. The Labute approximate surface area is 114 Å². The molecule has 0 saturated carbocycles. The zero-order valence-electron chi connectivity index (χ0n) is 11.2. The number of phenols is 1. The Balaban J connectivity index is 1.92. The number of aryl methyl sites for hydroxylation is 1. The second-order valence-corrected chi connectivity index (χ2v) is 5.54. The fourth-order valence-electron chi connectivity index (χ4n) is 3.01. The van der Waals surface area contributed by atoms with Crippen LogP contribution in [-0.2, 0) is 11.8 Å². The van der Waals surface area contributed by atoms with E-state index in [2.05, 4.69) is 36.5 Å². The van der Waals surface area contributed by atoms with E-state index in [9.17, 15) is 5.11 Å². The molecule has 1 fully saturated rings. The van der Waals surface area contributed by atoms with Crippen LogP contribution in [0, 0.1) is 6.92 Å². The van der Waals surface area contributed by atoms with Crippen molar-refractivity contribution < 1.29 is 5.11 Å². The zero-order chi connectivity index (χ0) is 13.3. The summed E-state index contributed by atoms with van der Waals surface area (Å²) in [5, 5.41) is 12.8. The maximum atomic E-state index is 9.37. The molecule has 0 spiro atoms. The predicted molar refractivity (Wildman–Crippen MR) is 77.5 cm³/mol. The van der Waals surface area contributed by atoms with Crippen molar-refractivity contribution in [2.75, 3.05) is 13.1 Å². The van der Waals surface area contributed by atoms with Crippen LogP contribution in [0.15, 0.2) is 48.5 Å². The van der Waals surface area contributed by atoms with Gasteiger partial charge >= 0.3 is 0 Å². The van der Waals surface area contributed by atoms with E-state index in [1.165, 1.54) is 16.7 Å². The molecule has 0 radical (unpaired) electrons. The Kier molecular flexibility index (Phi) is 3.03. The highest BCUT2D eigenvalue weighted by atomic mass is 16.3. The van der Waals surface area contributed by atoms with Gasteiger partial charge in [-0.15, -0.1) is 0 Å². The Bertz CT molecular complexity index is 570. The summed E-state index contributed by atoms with van der Waals surface area (Å²) in [6.45, 7) is 4.24. The Morgan fingerprint density at radius 3 is 2.32 bits per heavy atom. The lowest BCUT2D eigenvalue weighted by molar-refractivity contribution is 0.273. The number of hydrogen-bond donors (Lipinski definition) is 2. The summed E-state index contributed by atoms with van der Waals surface area (Å²) in [6, 6.07) is 16.2. The summed E-state index contributed by atoms with van der Waals surface area (Å²) >= 11 is 0. The van der Waals surface area contributed by atoms with Crippen molar-refractivity contribution in [1.82, 2.24) is 5.32 Å². The van der Waals surface area contributed by atoms with E-state index in [0.29, 0.717) is 5.75 Å². The summed E-state index contributed by atoms with van der Waals surface area (Å²) < 4.78 is 0. The lowest BCUT2D eigenvalue weighted by Gasteiger charge is -2.44. The summed E-state index contributed by atoms with van der Waals surface area (Å²) in [6.07, 6.45) is 1.02. The van der Waals surface area contributed by atoms with Crippen molar-refractivity contribution in [3.63, 3.8) is 0 Å². The Morgan fingerprint density at radius 2 is 1.74 bits per heavy atom. The van der Waals surface area contributed by atoms with Crippen molar-refractivity contribution in [3.8, 4) is 5.75 Å². The number of rotatable bonds is 3. The lowest BCUT2D eigenvalue weighted by Crippen LogP contribution is -2.58. The molecule has 0 aliphatic carbocycles. The average molecular weight is 253 g/mol. The van der Waals surface area contributed by atoms with Crippen LogP contribution < -0.4 is 5.32 Å². The molecule has 0 aromatic heterocycles. The monoisotopic (exact) mass is 253 g/mol. The average Bonchev–Trinajstić information content (AvgIpc) is 2.37. The van der Waals surface area contributed by atoms with Crippen LogP contribution >= 0.6 is 0 Å². The first-order chi connectivity index (χ1) is 9.20. The maximum Gasteiger partial charge on any atom is 0.115 e. The van der Waals surface area contributed by atoms with Gasteiger partial charge in [-0.3, -0.25) is 0 Å². The highest BCUT2D eigenvalue weighted by Gasteiger charge is 2.39. The standard InChI is InChI=1S/C17H19NO/c1-13-4-2-3-5-16(13)17(11-18-12-17)10-14-6-8-15(19)9-7-14/h2-9,18-19H,10-12H2,1H3. The van der Waals surface area contributed by atoms with Crippen molar-refractivity contribution in [2.45, 2.75) is 18.8 Å². The van der Waals surface area contributed by atoms with Gasteiger partial charge in [-0.25, -0.2) is 0 Å². The molecule has 1 heterocycles. The van der Waals surface area contributed by atoms with E-state index >= 15 is 0 Å². The highest BCUT2D eigenvalue weighted by molar-refractivity contribution is 5.39. The summed E-state index contributed by atoms with van der Waals surface area (Å²) in [5.41, 5.74) is 4.30. The number of benzene rings is 2. The quantitative estimate of drug-likeness (QED) is 0.881. The zero-order valence-corrected chi connectivity index (χ0v) is 11.2. The van der Waals surface area contributed by atoms with Gasteiger partial charge in [0, 0.05) is 18.5 Å². The first-order valence-electron chi connectivity index (χ1n) is 6.74. The minimum Gasteiger partial charge on any atom is -0.508 e. The molecule has 19 heavy (non-hydrogen) atoms. The number of nitrogens with one attached hydrogen (secondary N) is 1. The second-order valence-electron chi connectivity index (χ2n) is 5.54. The minimum absolute atomic E-state index is 0.211. The van der Waals surface area contributed by atoms with Crippen LogP contribution in [0.25, 0.3) is 0 Å². The van der Waals surface area contributed by atoms with Gasteiger partial charge in [0.05, 0.1) is 0 Å². The van der Waals surface area contributed by atoms with Gasteiger partial charge in [0.2, 0.25) is 0 Å². The molecule has 2 N–H and O–H groups in total. The summed E-state index contributed by atoms with van der Waals surface area (Å²) in [4.78, 5) is 0. The molecule has 0 unspecified atom stereocenters. The number of aromatic hydroxyl groups is 1. The van der Waals surface area contributed by atoms with Crippen LogP contribution in [0.4, 0.5) is 0 Å². The van der Waals surface area contributed by atoms with Crippen molar-refractivity contribution in [3.05, 3.63) is 65.2 Å². The van der Waals surface area contributed by atoms with Crippen LogP contribution in [0.3, 0.4) is 0 Å². The van der Waals surface area contributed by atoms with E-state index in [4.69, 9.17) is 0 Å². The second kappa shape index (κ2) is 4.71. The van der Waals surface area contributed by atoms with E-state index in [-0.39, 0.29) is 5.41 Å². The predicted octanol–water partition coefficient (Wildman–Crippen LogP) is 2.78. The molecule has 0 atom stereocenters. The molecule has 98 valence electrons. The normalized spacial score (nSPS) is 16.9. The topological polar surface area (TPSA) is 32.3 Å². The van der Waals surface area contributed by atoms with Crippen LogP contribution in [-0.4, -0.2) is 18.2 Å². The van der Waals surface area contributed by atoms with Gasteiger partial charge in [0.25, 0.3) is 0 Å². The highest BCUT2D eigenvalue weighted by Crippen LogP contribution is 2.34. The summed E-state index contributed by atoms with van der Waals surface area (Å²) in [5.74, 6) is 0.334. The van der Waals surface area contributed by atoms with Crippen LogP contribution in [0.2, 0.25) is 0 Å². The van der Waals surface area contributed by atoms with Gasteiger partial charge in [-0.1, -0.05) is 36.4 Å². The fraction of sp³-hybridized carbons (Fsp3) is 0.294. The third kappa shape index (κ3) is 2.24. The van der Waals surface area contributed by atoms with Gasteiger partial charge in [-0.05, 0) is 42.2 Å². The number of phenolic OH excluding ortho intramolecular Hbond substituents is 1. The van der Waals surface area contributed by atoms with E-state index in [0.717, 1.165) is 19.5 Å². The molecule has 1 aliphatic heterocycles. The Morgan fingerprint density at radius 1 is 1.05 bits per heavy atom. The minimum atomic E-state index is 0.211. The molecule has 2 aromatic rings. The first-order valence-corrected chi connectivity index (χ1v) is 6.74. The van der Waals surface area contributed by atoms with Crippen LogP contribution in [0.5, 0.6) is 5.75 Å².